The number of hydrogen-bond acceptors (Lipinski definition) is 5. The van der Waals surface area contributed by atoms with Crippen LogP contribution < -0.4 is 10.6 Å². The molecule has 3 aliphatic rings. The lowest BCUT2D eigenvalue weighted by molar-refractivity contribution is 0.00991. The van der Waals surface area contributed by atoms with Crippen molar-refractivity contribution in [3.63, 3.8) is 0 Å². The van der Waals surface area contributed by atoms with Gasteiger partial charge in [0, 0.05) is 35.1 Å². The Kier molecular flexibility index (Phi) is 8.27. The normalized spacial score (nSPS) is 37.6. The molecule has 6 unspecified atom stereocenters. The number of nitrogens with one attached hydrogen (secondary N) is 2. The third kappa shape index (κ3) is 4.56. The molecular formula is C21H37N3OS. The summed E-state index contributed by atoms with van der Waals surface area (Å²) >= 11 is 1.84. The van der Waals surface area contributed by atoms with E-state index < -0.39 is 0 Å². The Balaban J connectivity index is 0.000000570. The second-order valence-electron chi connectivity index (χ2n) is 7.43. The van der Waals surface area contributed by atoms with Gasteiger partial charge in [-0.25, -0.2) is 4.98 Å². The molecule has 26 heavy (non-hydrogen) atoms. The second kappa shape index (κ2) is 9.98. The minimum Gasteiger partial charge on any atom is -0.377 e. The second-order valence-corrected chi connectivity index (χ2v) is 8.32. The van der Waals surface area contributed by atoms with E-state index in [0.717, 1.165) is 12.5 Å². The molecule has 0 bridgehead atoms. The van der Waals surface area contributed by atoms with E-state index in [1.54, 1.807) is 0 Å². The first-order valence-corrected chi connectivity index (χ1v) is 11.0. The van der Waals surface area contributed by atoms with Gasteiger partial charge in [-0.3, -0.25) is 0 Å². The lowest BCUT2D eigenvalue weighted by Gasteiger charge is -2.29. The SMILES string of the molecule is C=C.CC.CNC1CC(C)NC1COC1CCC2(c3nccs3)CC2C1. The average Bonchev–Trinajstić information content (AvgIpc) is 3.02. The monoisotopic (exact) mass is 379 g/mol. The van der Waals surface area contributed by atoms with Crippen molar-refractivity contribution >= 4 is 11.3 Å². The van der Waals surface area contributed by atoms with Crippen molar-refractivity contribution in [1.82, 2.24) is 15.6 Å². The fraction of sp³-hybridized carbons (Fsp3) is 0.762. The van der Waals surface area contributed by atoms with Crippen LogP contribution in [0.25, 0.3) is 0 Å². The van der Waals surface area contributed by atoms with E-state index in [1.165, 1.54) is 37.1 Å². The van der Waals surface area contributed by atoms with E-state index in [2.05, 4.69) is 48.1 Å². The molecule has 0 amide bonds. The van der Waals surface area contributed by atoms with Gasteiger partial charge in [-0.15, -0.1) is 24.5 Å². The zero-order chi connectivity index (χ0) is 19.2. The van der Waals surface area contributed by atoms with E-state index in [-0.39, 0.29) is 0 Å². The molecule has 2 N–H and O–H groups in total. The molecule has 148 valence electrons. The number of aromatic nitrogens is 1. The molecule has 4 rings (SSSR count). The highest BCUT2D eigenvalue weighted by atomic mass is 32.1. The van der Waals surface area contributed by atoms with Crippen molar-refractivity contribution in [3.05, 3.63) is 29.7 Å². The van der Waals surface area contributed by atoms with E-state index in [1.807, 2.05) is 31.4 Å². The molecule has 0 spiro atoms. The molecule has 6 atom stereocenters. The predicted octanol–water partition coefficient (Wildman–Crippen LogP) is 4.14. The summed E-state index contributed by atoms with van der Waals surface area (Å²) in [6.45, 7) is 13.1. The van der Waals surface area contributed by atoms with Gasteiger partial charge in [0.2, 0.25) is 0 Å². The van der Waals surface area contributed by atoms with E-state index in [4.69, 9.17) is 4.74 Å². The summed E-state index contributed by atoms with van der Waals surface area (Å²) in [6.07, 6.45) is 8.63. The summed E-state index contributed by atoms with van der Waals surface area (Å²) in [4.78, 5) is 4.58. The first-order chi connectivity index (χ1) is 12.7. The van der Waals surface area contributed by atoms with Crippen molar-refractivity contribution in [1.29, 1.82) is 0 Å². The summed E-state index contributed by atoms with van der Waals surface area (Å²) in [5.74, 6) is 0.813. The van der Waals surface area contributed by atoms with Crippen LogP contribution in [0.2, 0.25) is 0 Å². The van der Waals surface area contributed by atoms with Crippen LogP contribution >= 0.6 is 11.3 Å². The first kappa shape index (κ1) is 21.5. The van der Waals surface area contributed by atoms with Gasteiger partial charge in [0.15, 0.2) is 0 Å². The van der Waals surface area contributed by atoms with Gasteiger partial charge in [-0.1, -0.05) is 13.8 Å². The molecular weight excluding hydrogens is 342 g/mol. The fourth-order valence-corrected chi connectivity index (χ4v) is 5.62. The van der Waals surface area contributed by atoms with Crippen molar-refractivity contribution in [2.45, 2.75) is 82.5 Å². The number of rotatable bonds is 5. The minimum atomic E-state index is 0.432. The van der Waals surface area contributed by atoms with E-state index in [9.17, 15) is 0 Å². The van der Waals surface area contributed by atoms with Crippen LogP contribution in [0, 0.1) is 5.92 Å². The number of ether oxygens (including phenoxy) is 1. The third-order valence-electron chi connectivity index (χ3n) is 6.02. The highest BCUT2D eigenvalue weighted by Crippen LogP contribution is 2.63. The maximum absolute atomic E-state index is 6.29. The molecule has 0 radical (unpaired) electrons. The van der Waals surface area contributed by atoms with Gasteiger partial charge in [0.1, 0.15) is 0 Å². The standard InChI is InChI=1S/C17H27N3OS.C2H6.C2H4/c1-11-7-14(18-2)15(20-11)10-21-13-3-4-17(9-12(17)8-13)16-19-5-6-22-16;2*1-2/h5-6,11-15,18,20H,3-4,7-10H2,1-2H3;1-2H3;1-2H2. The van der Waals surface area contributed by atoms with Crippen LogP contribution in [0.1, 0.15) is 57.9 Å². The average molecular weight is 380 g/mol. The van der Waals surface area contributed by atoms with Crippen molar-refractivity contribution in [2.24, 2.45) is 5.92 Å². The van der Waals surface area contributed by atoms with Gasteiger partial charge < -0.3 is 15.4 Å². The van der Waals surface area contributed by atoms with Crippen LogP contribution in [0.15, 0.2) is 24.7 Å². The fourth-order valence-electron chi connectivity index (χ4n) is 4.66. The predicted molar refractivity (Wildman–Crippen MR) is 112 cm³/mol. The number of fused-ring (bicyclic) bond motifs is 1. The van der Waals surface area contributed by atoms with Crippen molar-refractivity contribution in [2.75, 3.05) is 13.7 Å². The number of hydrogen-bond donors (Lipinski definition) is 2. The Hall–Kier alpha value is -0.750. The van der Waals surface area contributed by atoms with Gasteiger partial charge >= 0.3 is 0 Å². The molecule has 2 heterocycles. The quantitative estimate of drug-likeness (QED) is 0.755. The topological polar surface area (TPSA) is 46.2 Å². The molecule has 1 aliphatic heterocycles. The summed E-state index contributed by atoms with van der Waals surface area (Å²) in [5, 5.41) is 10.6. The molecule has 0 aromatic carbocycles. The molecule has 3 fully saturated rings. The number of nitrogens with zero attached hydrogens (tertiary/aromatic N) is 1. The van der Waals surface area contributed by atoms with Crippen molar-refractivity contribution in [3.8, 4) is 0 Å². The summed E-state index contributed by atoms with van der Waals surface area (Å²) < 4.78 is 6.29. The van der Waals surface area contributed by atoms with E-state index in [0.29, 0.717) is 29.6 Å². The van der Waals surface area contributed by atoms with Crippen LogP contribution in [-0.4, -0.2) is 42.9 Å². The van der Waals surface area contributed by atoms with Crippen LogP contribution in [-0.2, 0) is 10.2 Å². The Morgan fingerprint density at radius 2 is 2.15 bits per heavy atom. The van der Waals surface area contributed by atoms with Gasteiger partial charge in [-0.05, 0) is 52.0 Å². The molecule has 4 nitrogen and oxygen atoms in total. The third-order valence-corrected chi connectivity index (χ3v) is 7.02. The summed E-state index contributed by atoms with van der Waals surface area (Å²) in [6, 6.07) is 1.61. The number of likely N-dealkylation sites (N-methyl/N-ethyl adjacent to an activating group) is 1. The first-order valence-electron chi connectivity index (χ1n) is 10.2. The van der Waals surface area contributed by atoms with Crippen LogP contribution in [0.5, 0.6) is 0 Å². The molecule has 2 saturated carbocycles. The summed E-state index contributed by atoms with van der Waals surface area (Å²) in [7, 11) is 2.06. The van der Waals surface area contributed by atoms with Crippen LogP contribution in [0.3, 0.4) is 0 Å². The maximum atomic E-state index is 6.29. The zero-order valence-electron chi connectivity index (χ0n) is 17.0. The van der Waals surface area contributed by atoms with Gasteiger partial charge in [0.05, 0.1) is 17.7 Å². The largest absolute Gasteiger partial charge is 0.377 e. The van der Waals surface area contributed by atoms with E-state index >= 15 is 0 Å². The molecule has 1 aromatic heterocycles. The van der Waals surface area contributed by atoms with Gasteiger partial charge in [0.25, 0.3) is 0 Å². The zero-order valence-corrected chi connectivity index (χ0v) is 17.8. The summed E-state index contributed by atoms with van der Waals surface area (Å²) in [5.41, 5.74) is 0.432. The molecule has 1 aromatic rings. The van der Waals surface area contributed by atoms with Crippen molar-refractivity contribution < 1.29 is 4.74 Å². The van der Waals surface area contributed by atoms with Gasteiger partial charge in [-0.2, -0.15) is 0 Å². The Morgan fingerprint density at radius 1 is 1.38 bits per heavy atom. The Bertz CT molecular complexity index is 523. The van der Waals surface area contributed by atoms with Crippen LogP contribution in [0.4, 0.5) is 0 Å². The number of thiazole rings is 1. The molecule has 1 saturated heterocycles. The Morgan fingerprint density at radius 3 is 2.77 bits per heavy atom. The highest BCUT2D eigenvalue weighted by Gasteiger charge is 2.59. The lowest BCUT2D eigenvalue weighted by atomic mass is 9.87. The maximum Gasteiger partial charge on any atom is 0.0989 e. The molecule has 5 heteroatoms. The highest BCUT2D eigenvalue weighted by molar-refractivity contribution is 7.09. The molecule has 2 aliphatic carbocycles. The minimum absolute atomic E-state index is 0.432. The smallest absolute Gasteiger partial charge is 0.0989 e. The lowest BCUT2D eigenvalue weighted by Crippen LogP contribution is -2.43. The Labute approximate surface area is 163 Å².